The molecule has 164 valence electrons. The smallest absolute Gasteiger partial charge is 0.250 e. The summed E-state index contributed by atoms with van der Waals surface area (Å²) in [5.74, 6) is 2.20. The van der Waals surface area contributed by atoms with E-state index in [4.69, 9.17) is 15.2 Å². The minimum Gasteiger partial charge on any atom is -0.366 e. The molecule has 0 bridgehead atoms. The first-order valence-corrected chi connectivity index (χ1v) is 11.1. The van der Waals surface area contributed by atoms with Crippen molar-refractivity contribution in [3.8, 4) is 11.4 Å². The average Bonchev–Trinajstić information content (AvgIpc) is 3.47. The molecule has 3 N–H and O–H groups in total. The molecule has 5 rings (SSSR count). The van der Waals surface area contributed by atoms with Crippen LogP contribution in [0.2, 0.25) is 0 Å². The standard InChI is InChI=1S/C24H26N6O2/c25-22(31)18-8-4-9-19-21(18)28-23(26-19)17-11-14-30(15-12-17)13-5-10-20-27-24(29-32-20)16-6-2-1-3-7-16/h1-4,6-9,17H,5,10-15H2,(H2,25,31)(H,26,28). The van der Waals surface area contributed by atoms with Gasteiger partial charge in [-0.3, -0.25) is 4.79 Å². The Labute approximate surface area is 185 Å². The van der Waals surface area contributed by atoms with Crippen molar-refractivity contribution in [2.45, 2.75) is 31.6 Å². The van der Waals surface area contributed by atoms with Crippen LogP contribution in [-0.2, 0) is 6.42 Å². The molecule has 0 atom stereocenters. The average molecular weight is 431 g/mol. The van der Waals surface area contributed by atoms with Crippen LogP contribution in [0.3, 0.4) is 0 Å². The van der Waals surface area contributed by atoms with Crippen molar-refractivity contribution in [2.75, 3.05) is 19.6 Å². The van der Waals surface area contributed by atoms with Gasteiger partial charge in [0, 0.05) is 17.9 Å². The highest BCUT2D eigenvalue weighted by Crippen LogP contribution is 2.28. The highest BCUT2D eigenvalue weighted by atomic mass is 16.5. The monoisotopic (exact) mass is 430 g/mol. The summed E-state index contributed by atoms with van der Waals surface area (Å²) >= 11 is 0. The zero-order valence-corrected chi connectivity index (χ0v) is 17.8. The van der Waals surface area contributed by atoms with Crippen molar-refractivity contribution in [1.82, 2.24) is 25.0 Å². The molecular formula is C24H26N6O2. The maximum absolute atomic E-state index is 11.7. The first-order valence-electron chi connectivity index (χ1n) is 11.1. The Morgan fingerprint density at radius 1 is 1.09 bits per heavy atom. The molecule has 0 unspecified atom stereocenters. The van der Waals surface area contributed by atoms with Gasteiger partial charge in [-0.25, -0.2) is 4.98 Å². The maximum atomic E-state index is 11.7. The number of nitrogens with two attached hydrogens (primary N) is 1. The molecule has 1 fully saturated rings. The van der Waals surface area contributed by atoms with Gasteiger partial charge in [-0.1, -0.05) is 41.6 Å². The molecule has 2 aromatic heterocycles. The molecule has 1 aliphatic heterocycles. The Morgan fingerprint density at radius 3 is 2.69 bits per heavy atom. The second-order valence-corrected chi connectivity index (χ2v) is 8.29. The highest BCUT2D eigenvalue weighted by molar-refractivity contribution is 6.04. The number of fused-ring (bicyclic) bond motifs is 1. The number of imidazole rings is 1. The first-order chi connectivity index (χ1) is 15.7. The molecule has 1 saturated heterocycles. The van der Waals surface area contributed by atoms with E-state index in [1.165, 1.54) is 0 Å². The zero-order chi connectivity index (χ0) is 21.9. The Bertz CT molecular complexity index is 1210. The lowest BCUT2D eigenvalue weighted by Crippen LogP contribution is -2.34. The summed E-state index contributed by atoms with van der Waals surface area (Å²) in [6.07, 6.45) is 3.82. The van der Waals surface area contributed by atoms with Crippen LogP contribution in [0.15, 0.2) is 53.1 Å². The molecule has 8 nitrogen and oxygen atoms in total. The molecule has 0 spiro atoms. The van der Waals surface area contributed by atoms with Gasteiger partial charge in [0.15, 0.2) is 0 Å². The molecule has 8 heteroatoms. The highest BCUT2D eigenvalue weighted by Gasteiger charge is 2.24. The van der Waals surface area contributed by atoms with Gasteiger partial charge in [-0.2, -0.15) is 4.98 Å². The van der Waals surface area contributed by atoms with Crippen LogP contribution in [0.1, 0.15) is 47.3 Å². The number of aryl methyl sites for hydroxylation is 1. The van der Waals surface area contributed by atoms with E-state index in [9.17, 15) is 4.79 Å². The summed E-state index contributed by atoms with van der Waals surface area (Å²) in [7, 11) is 0. The fourth-order valence-electron chi connectivity index (χ4n) is 4.39. The number of rotatable bonds is 7. The van der Waals surface area contributed by atoms with Crippen LogP contribution in [0, 0.1) is 0 Å². The van der Waals surface area contributed by atoms with Gasteiger partial charge < -0.3 is 20.1 Å². The molecule has 1 amide bonds. The number of aromatic amines is 1. The van der Waals surface area contributed by atoms with Crippen LogP contribution < -0.4 is 5.73 Å². The van der Waals surface area contributed by atoms with E-state index in [2.05, 4.69) is 20.0 Å². The van der Waals surface area contributed by atoms with E-state index in [1.807, 2.05) is 42.5 Å². The van der Waals surface area contributed by atoms with E-state index in [-0.39, 0.29) is 0 Å². The molecule has 4 aromatic rings. The second-order valence-electron chi connectivity index (χ2n) is 8.29. The van der Waals surface area contributed by atoms with Crippen molar-refractivity contribution in [3.63, 3.8) is 0 Å². The Morgan fingerprint density at radius 2 is 1.91 bits per heavy atom. The zero-order valence-electron chi connectivity index (χ0n) is 17.8. The number of benzene rings is 2. The van der Waals surface area contributed by atoms with Gasteiger partial charge in [0.25, 0.3) is 5.91 Å². The second kappa shape index (κ2) is 8.92. The number of H-pyrrole nitrogens is 1. The third-order valence-corrected chi connectivity index (χ3v) is 6.14. The van der Waals surface area contributed by atoms with Gasteiger partial charge in [0.2, 0.25) is 11.7 Å². The van der Waals surface area contributed by atoms with Crippen molar-refractivity contribution < 1.29 is 9.32 Å². The number of carbonyl (C=O) groups is 1. The SMILES string of the molecule is NC(=O)c1cccc2[nH]c(C3CCN(CCCc4nc(-c5ccccc5)no4)CC3)nc12. The third-order valence-electron chi connectivity index (χ3n) is 6.14. The molecule has 32 heavy (non-hydrogen) atoms. The fourth-order valence-corrected chi connectivity index (χ4v) is 4.39. The quantitative estimate of drug-likeness (QED) is 0.464. The van der Waals surface area contributed by atoms with Crippen LogP contribution in [0.5, 0.6) is 0 Å². The summed E-state index contributed by atoms with van der Waals surface area (Å²) < 4.78 is 5.41. The Kier molecular flexibility index (Phi) is 5.68. The predicted molar refractivity (Wildman–Crippen MR) is 121 cm³/mol. The number of hydrogen-bond acceptors (Lipinski definition) is 6. The van der Waals surface area contributed by atoms with Gasteiger partial charge in [0.05, 0.1) is 11.1 Å². The van der Waals surface area contributed by atoms with Crippen LogP contribution in [0.25, 0.3) is 22.4 Å². The summed E-state index contributed by atoms with van der Waals surface area (Å²) in [5.41, 5.74) is 8.47. The molecular weight excluding hydrogens is 404 g/mol. The molecule has 3 heterocycles. The number of likely N-dealkylation sites (tertiary alicyclic amines) is 1. The van der Waals surface area contributed by atoms with E-state index in [1.54, 1.807) is 6.07 Å². The van der Waals surface area contributed by atoms with Crippen molar-refractivity contribution >= 4 is 16.9 Å². The molecule has 0 aliphatic carbocycles. The Hall–Kier alpha value is -3.52. The van der Waals surface area contributed by atoms with Gasteiger partial charge in [-0.05, 0) is 51.0 Å². The third kappa shape index (κ3) is 4.27. The minimum absolute atomic E-state index is 0.365. The van der Waals surface area contributed by atoms with E-state index in [0.717, 1.165) is 62.2 Å². The number of primary amides is 1. The normalized spacial score (nSPS) is 15.4. The summed E-state index contributed by atoms with van der Waals surface area (Å²) in [6, 6.07) is 15.4. The lowest BCUT2D eigenvalue weighted by Gasteiger charge is -2.30. The molecule has 2 aromatic carbocycles. The van der Waals surface area contributed by atoms with Crippen molar-refractivity contribution in [3.05, 3.63) is 65.8 Å². The largest absolute Gasteiger partial charge is 0.366 e. The first kappa shape index (κ1) is 20.4. The number of hydrogen-bond donors (Lipinski definition) is 2. The summed E-state index contributed by atoms with van der Waals surface area (Å²) in [4.78, 5) is 26.8. The lowest BCUT2D eigenvalue weighted by molar-refractivity contribution is 0.100. The van der Waals surface area contributed by atoms with Crippen LogP contribution >= 0.6 is 0 Å². The van der Waals surface area contributed by atoms with Crippen molar-refractivity contribution in [1.29, 1.82) is 0 Å². The number of para-hydroxylation sites is 1. The van der Waals surface area contributed by atoms with E-state index >= 15 is 0 Å². The Balaban J connectivity index is 1.13. The molecule has 0 radical (unpaired) electrons. The van der Waals surface area contributed by atoms with Crippen LogP contribution in [0.4, 0.5) is 0 Å². The number of carbonyl (C=O) groups excluding carboxylic acids is 1. The lowest BCUT2D eigenvalue weighted by atomic mass is 9.96. The van der Waals surface area contributed by atoms with Crippen molar-refractivity contribution in [2.24, 2.45) is 5.73 Å². The topological polar surface area (TPSA) is 114 Å². The number of nitrogens with zero attached hydrogens (tertiary/aromatic N) is 4. The van der Waals surface area contributed by atoms with Gasteiger partial charge in [-0.15, -0.1) is 0 Å². The fraction of sp³-hybridized carbons (Fsp3) is 0.333. The predicted octanol–water partition coefficient (Wildman–Crippen LogP) is 3.52. The van der Waals surface area contributed by atoms with Crippen LogP contribution in [-0.4, -0.2) is 50.5 Å². The number of aromatic nitrogens is 4. The summed E-state index contributed by atoms with van der Waals surface area (Å²) in [5, 5.41) is 4.09. The van der Waals surface area contributed by atoms with E-state index in [0.29, 0.717) is 28.7 Å². The van der Waals surface area contributed by atoms with E-state index < -0.39 is 5.91 Å². The molecule has 1 aliphatic rings. The van der Waals surface area contributed by atoms with Gasteiger partial charge >= 0.3 is 0 Å². The number of amides is 1. The maximum Gasteiger partial charge on any atom is 0.250 e. The number of nitrogens with one attached hydrogen (secondary N) is 1. The molecule has 0 saturated carbocycles. The number of piperidine rings is 1. The van der Waals surface area contributed by atoms with Gasteiger partial charge in [0.1, 0.15) is 11.3 Å². The minimum atomic E-state index is -0.444. The summed E-state index contributed by atoms with van der Waals surface area (Å²) in [6.45, 7) is 3.04.